The van der Waals surface area contributed by atoms with E-state index in [1.807, 2.05) is 30.4 Å². The summed E-state index contributed by atoms with van der Waals surface area (Å²) in [5.41, 5.74) is 7.27. The van der Waals surface area contributed by atoms with Crippen LogP contribution in [0.15, 0.2) is 35.0 Å². The van der Waals surface area contributed by atoms with Crippen molar-refractivity contribution in [2.75, 3.05) is 6.54 Å². The van der Waals surface area contributed by atoms with Crippen molar-refractivity contribution in [2.24, 2.45) is 5.73 Å². The zero-order valence-corrected chi connectivity index (χ0v) is 7.10. The second kappa shape index (κ2) is 3.41. The maximum atomic E-state index is 5.35. The monoisotopic (exact) mass is 174 g/mol. The Labute approximate surface area is 75.8 Å². The lowest BCUT2D eigenvalue weighted by atomic mass is 10.1. The van der Waals surface area contributed by atoms with Crippen LogP contribution in [0.2, 0.25) is 0 Å². The molecule has 0 saturated heterocycles. The number of nitrogens with two attached hydrogens (primary N) is 1. The maximum Gasteiger partial charge on any atom is 0.166 e. The molecule has 2 aromatic rings. The Hall–Kier alpha value is -1.61. The molecule has 3 heteroatoms. The lowest BCUT2D eigenvalue weighted by Crippen LogP contribution is -1.91. The first-order valence-corrected chi connectivity index (χ1v) is 4.11. The van der Waals surface area contributed by atoms with E-state index in [0.717, 1.165) is 16.5 Å². The number of nitrogens with zero attached hydrogens (tertiary/aromatic N) is 1. The highest BCUT2D eigenvalue weighted by molar-refractivity contribution is 5.78. The highest BCUT2D eigenvalue weighted by Crippen LogP contribution is 2.15. The second-order valence-corrected chi connectivity index (χ2v) is 2.76. The second-order valence-electron chi connectivity index (χ2n) is 2.76. The van der Waals surface area contributed by atoms with Crippen LogP contribution in [0.25, 0.3) is 17.0 Å². The average molecular weight is 174 g/mol. The number of hydrogen-bond acceptors (Lipinski definition) is 3. The lowest BCUT2D eigenvalue weighted by Gasteiger charge is -1.91. The van der Waals surface area contributed by atoms with Gasteiger partial charge in [-0.2, -0.15) is 0 Å². The van der Waals surface area contributed by atoms with Gasteiger partial charge in [-0.25, -0.2) is 0 Å². The van der Waals surface area contributed by atoms with E-state index < -0.39 is 0 Å². The molecule has 2 rings (SSSR count). The lowest BCUT2D eigenvalue weighted by molar-refractivity contribution is 0.456. The molecule has 0 atom stereocenters. The number of rotatable bonds is 2. The first-order chi connectivity index (χ1) is 6.40. The number of hydrogen-bond donors (Lipinski definition) is 1. The summed E-state index contributed by atoms with van der Waals surface area (Å²) in [7, 11) is 0. The first kappa shape index (κ1) is 8.01. The van der Waals surface area contributed by atoms with E-state index in [4.69, 9.17) is 10.3 Å². The normalized spacial score (nSPS) is 11.5. The van der Waals surface area contributed by atoms with Gasteiger partial charge < -0.3 is 10.3 Å². The van der Waals surface area contributed by atoms with Crippen LogP contribution in [-0.4, -0.2) is 11.7 Å². The third-order valence-corrected chi connectivity index (χ3v) is 1.82. The molecule has 1 heterocycles. The molecule has 0 bridgehead atoms. The van der Waals surface area contributed by atoms with E-state index >= 15 is 0 Å². The SMILES string of the molecule is NC/C=C/c1ccc2oncc2c1. The van der Waals surface area contributed by atoms with Crippen molar-refractivity contribution >= 4 is 17.0 Å². The molecule has 0 spiro atoms. The Morgan fingerprint density at radius 3 is 3.23 bits per heavy atom. The largest absolute Gasteiger partial charge is 0.356 e. The molecule has 1 aromatic heterocycles. The van der Waals surface area contributed by atoms with Gasteiger partial charge in [-0.1, -0.05) is 23.4 Å². The average Bonchev–Trinajstić information content (AvgIpc) is 2.61. The molecule has 0 unspecified atom stereocenters. The Balaban J connectivity index is 2.42. The number of benzene rings is 1. The quantitative estimate of drug-likeness (QED) is 0.755. The minimum absolute atomic E-state index is 0.557. The van der Waals surface area contributed by atoms with Crippen LogP contribution in [0, 0.1) is 0 Å². The van der Waals surface area contributed by atoms with Crippen LogP contribution in [0.5, 0.6) is 0 Å². The molecule has 0 saturated carbocycles. The van der Waals surface area contributed by atoms with Crippen LogP contribution in [0.1, 0.15) is 5.56 Å². The van der Waals surface area contributed by atoms with Gasteiger partial charge in [0.15, 0.2) is 5.58 Å². The number of fused-ring (bicyclic) bond motifs is 1. The summed E-state index contributed by atoms with van der Waals surface area (Å²) in [6.07, 6.45) is 5.59. The molecule has 0 aliphatic carbocycles. The van der Waals surface area contributed by atoms with Crippen molar-refractivity contribution < 1.29 is 4.52 Å². The van der Waals surface area contributed by atoms with Crippen molar-refractivity contribution in [3.05, 3.63) is 36.0 Å². The predicted octanol–water partition coefficient (Wildman–Crippen LogP) is 1.80. The fraction of sp³-hybridized carbons (Fsp3) is 0.100. The van der Waals surface area contributed by atoms with Crippen molar-refractivity contribution in [3.8, 4) is 0 Å². The van der Waals surface area contributed by atoms with Crippen LogP contribution in [-0.2, 0) is 0 Å². The molecule has 0 fully saturated rings. The smallest absolute Gasteiger partial charge is 0.166 e. The highest BCUT2D eigenvalue weighted by Gasteiger charge is 1.96. The van der Waals surface area contributed by atoms with E-state index in [2.05, 4.69) is 5.16 Å². The van der Waals surface area contributed by atoms with E-state index in [-0.39, 0.29) is 0 Å². The molecule has 1 aromatic carbocycles. The van der Waals surface area contributed by atoms with E-state index in [1.54, 1.807) is 6.20 Å². The third kappa shape index (κ3) is 1.60. The molecule has 3 nitrogen and oxygen atoms in total. The van der Waals surface area contributed by atoms with E-state index in [1.165, 1.54) is 0 Å². The topological polar surface area (TPSA) is 52.0 Å². The minimum atomic E-state index is 0.557. The minimum Gasteiger partial charge on any atom is -0.356 e. The van der Waals surface area contributed by atoms with Crippen LogP contribution in [0.4, 0.5) is 0 Å². The van der Waals surface area contributed by atoms with Gasteiger partial charge in [0.2, 0.25) is 0 Å². The summed E-state index contributed by atoms with van der Waals surface area (Å²) in [4.78, 5) is 0. The first-order valence-electron chi connectivity index (χ1n) is 4.11. The van der Waals surface area contributed by atoms with Gasteiger partial charge in [0.25, 0.3) is 0 Å². The fourth-order valence-corrected chi connectivity index (χ4v) is 1.20. The third-order valence-electron chi connectivity index (χ3n) is 1.82. The summed E-state index contributed by atoms with van der Waals surface area (Å²) < 4.78 is 4.98. The van der Waals surface area contributed by atoms with Gasteiger partial charge in [-0.15, -0.1) is 0 Å². The molecule has 0 aliphatic heterocycles. The van der Waals surface area contributed by atoms with Crippen LogP contribution in [0.3, 0.4) is 0 Å². The van der Waals surface area contributed by atoms with Crippen molar-refractivity contribution in [2.45, 2.75) is 0 Å². The Morgan fingerprint density at radius 2 is 2.38 bits per heavy atom. The summed E-state index contributed by atoms with van der Waals surface area (Å²) >= 11 is 0. The van der Waals surface area contributed by atoms with Crippen molar-refractivity contribution in [1.82, 2.24) is 5.16 Å². The van der Waals surface area contributed by atoms with Gasteiger partial charge in [0.1, 0.15) is 0 Å². The molecule has 0 aliphatic rings. The molecule has 0 radical (unpaired) electrons. The Morgan fingerprint density at radius 1 is 1.46 bits per heavy atom. The predicted molar refractivity (Wildman–Crippen MR) is 52.1 cm³/mol. The summed E-state index contributed by atoms with van der Waals surface area (Å²) in [5, 5.41) is 4.71. The van der Waals surface area contributed by atoms with Crippen molar-refractivity contribution in [3.63, 3.8) is 0 Å². The maximum absolute atomic E-state index is 5.35. The van der Waals surface area contributed by atoms with Gasteiger partial charge in [0, 0.05) is 11.9 Å². The van der Waals surface area contributed by atoms with Gasteiger partial charge in [-0.05, 0) is 17.7 Å². The molecule has 2 N–H and O–H groups in total. The fourth-order valence-electron chi connectivity index (χ4n) is 1.20. The van der Waals surface area contributed by atoms with Crippen LogP contribution >= 0.6 is 0 Å². The molecular formula is C10H10N2O. The van der Waals surface area contributed by atoms with E-state index in [9.17, 15) is 0 Å². The molecule has 13 heavy (non-hydrogen) atoms. The van der Waals surface area contributed by atoms with Crippen molar-refractivity contribution in [1.29, 1.82) is 0 Å². The summed E-state index contributed by atoms with van der Waals surface area (Å²) in [6, 6.07) is 5.89. The summed E-state index contributed by atoms with van der Waals surface area (Å²) in [5.74, 6) is 0. The zero-order chi connectivity index (χ0) is 9.10. The Bertz CT molecular complexity index is 431. The molecule has 66 valence electrons. The van der Waals surface area contributed by atoms with Gasteiger partial charge in [-0.3, -0.25) is 0 Å². The molecular weight excluding hydrogens is 164 g/mol. The van der Waals surface area contributed by atoms with Gasteiger partial charge >= 0.3 is 0 Å². The van der Waals surface area contributed by atoms with E-state index in [0.29, 0.717) is 6.54 Å². The standard InChI is InChI=1S/C10H10N2O/c11-5-1-2-8-3-4-10-9(6-8)7-12-13-10/h1-4,6-7H,5,11H2/b2-1+. The van der Waals surface area contributed by atoms with Gasteiger partial charge in [0.05, 0.1) is 6.20 Å². The highest BCUT2D eigenvalue weighted by atomic mass is 16.5. The Kier molecular flexibility index (Phi) is 2.10. The van der Waals surface area contributed by atoms with Crippen LogP contribution < -0.4 is 5.73 Å². The zero-order valence-electron chi connectivity index (χ0n) is 7.10. The summed E-state index contributed by atoms with van der Waals surface area (Å²) in [6.45, 7) is 0.557. The molecule has 0 amide bonds. The number of aromatic nitrogens is 1.